The Kier molecular flexibility index (Phi) is 6.40. The molecule has 4 aromatic rings. The van der Waals surface area contributed by atoms with Crippen LogP contribution in [0.3, 0.4) is 0 Å². The number of benzene rings is 4. The van der Waals surface area contributed by atoms with Crippen molar-refractivity contribution >= 4 is 35.1 Å². The molecule has 2 atom stereocenters. The molecule has 33 heavy (non-hydrogen) atoms. The number of aryl methyl sites for hydroxylation is 1. The molecule has 1 heterocycles. The number of rotatable bonds is 5. The lowest BCUT2D eigenvalue weighted by molar-refractivity contribution is 0.578. The summed E-state index contributed by atoms with van der Waals surface area (Å²) in [4.78, 5) is -0.0705. The third kappa shape index (κ3) is 4.38. The van der Waals surface area contributed by atoms with Crippen molar-refractivity contribution in [2.24, 2.45) is 0 Å². The molecule has 1 aliphatic heterocycles. The van der Waals surface area contributed by atoms with Gasteiger partial charge >= 0.3 is 0 Å². The molecular formula is C30H27OPS. The number of hydrogen-bond donors (Lipinski definition) is 0. The van der Waals surface area contributed by atoms with Crippen molar-refractivity contribution in [1.29, 1.82) is 0 Å². The molecule has 5 rings (SSSR count). The van der Waals surface area contributed by atoms with Gasteiger partial charge in [-0.25, -0.2) is 0 Å². The molecule has 1 nitrogen and oxygen atoms in total. The number of allylic oxidation sites excluding steroid dienone is 1. The molecule has 0 spiro atoms. The molecule has 3 heteroatoms. The first-order valence-electron chi connectivity index (χ1n) is 11.3. The smallest absolute Gasteiger partial charge is 0.156 e. The lowest BCUT2D eigenvalue weighted by atomic mass is 9.90. The Bertz CT molecular complexity index is 1240. The first-order valence-corrected chi connectivity index (χ1v) is 14.1. The molecule has 0 saturated carbocycles. The highest BCUT2D eigenvalue weighted by Crippen LogP contribution is 2.62. The minimum absolute atomic E-state index is 0.0705. The molecule has 164 valence electrons. The van der Waals surface area contributed by atoms with Crippen LogP contribution in [0.15, 0.2) is 121 Å². The van der Waals surface area contributed by atoms with Crippen molar-refractivity contribution in [2.45, 2.75) is 24.3 Å². The fourth-order valence-corrected chi connectivity index (χ4v) is 10.1. The summed E-state index contributed by atoms with van der Waals surface area (Å²) in [5, 5.41) is 4.12. The van der Waals surface area contributed by atoms with E-state index in [0.717, 1.165) is 17.0 Å². The second-order valence-electron chi connectivity index (χ2n) is 8.59. The lowest BCUT2D eigenvalue weighted by Crippen LogP contribution is -2.29. The van der Waals surface area contributed by atoms with Gasteiger partial charge in [0.15, 0.2) is 7.14 Å². The van der Waals surface area contributed by atoms with Crippen molar-refractivity contribution in [3.05, 3.63) is 137 Å². The molecule has 0 radical (unpaired) electrons. The van der Waals surface area contributed by atoms with Crippen molar-refractivity contribution < 1.29 is 4.57 Å². The molecule has 0 aliphatic carbocycles. The average Bonchev–Trinajstić information content (AvgIpc) is 2.90. The molecule has 1 aliphatic rings. The van der Waals surface area contributed by atoms with Crippen LogP contribution in [-0.4, -0.2) is 4.99 Å². The van der Waals surface area contributed by atoms with E-state index >= 15 is 4.57 Å². The van der Waals surface area contributed by atoms with Gasteiger partial charge in [0, 0.05) is 16.5 Å². The van der Waals surface area contributed by atoms with E-state index in [1.165, 1.54) is 22.3 Å². The van der Waals surface area contributed by atoms with Gasteiger partial charge in [0.25, 0.3) is 0 Å². The van der Waals surface area contributed by atoms with Crippen LogP contribution in [0, 0.1) is 6.92 Å². The average molecular weight is 467 g/mol. The Morgan fingerprint density at radius 3 is 1.76 bits per heavy atom. The summed E-state index contributed by atoms with van der Waals surface area (Å²) in [6.45, 7) is 2.12. The second kappa shape index (κ2) is 9.59. The van der Waals surface area contributed by atoms with Crippen LogP contribution in [-0.2, 0) is 4.57 Å². The van der Waals surface area contributed by atoms with Crippen molar-refractivity contribution in [3.63, 3.8) is 0 Å². The van der Waals surface area contributed by atoms with Crippen LogP contribution in [0.5, 0.6) is 0 Å². The van der Waals surface area contributed by atoms with E-state index in [1.807, 2.05) is 60.7 Å². The molecule has 0 saturated heterocycles. The van der Waals surface area contributed by atoms with Crippen LogP contribution in [0.25, 0.3) is 5.57 Å². The molecule has 0 N–H and O–H groups in total. The Balaban J connectivity index is 1.66. The Hall–Kier alpha value is -2.80. The van der Waals surface area contributed by atoms with Crippen molar-refractivity contribution in [3.8, 4) is 0 Å². The predicted molar refractivity (Wildman–Crippen MR) is 144 cm³/mol. The molecule has 0 amide bonds. The van der Waals surface area contributed by atoms with Crippen molar-refractivity contribution in [2.75, 3.05) is 0 Å². The SMILES string of the molecule is Cc1ccc(C2=CS[C@H](P(=O)(c3ccccc3)c3ccccc3)[C@@H](c3ccccc3)C2)cc1. The van der Waals surface area contributed by atoms with Gasteiger partial charge in [-0.3, -0.25) is 0 Å². The summed E-state index contributed by atoms with van der Waals surface area (Å²) in [5.74, 6) is 0.142. The Morgan fingerprint density at radius 1 is 0.697 bits per heavy atom. The minimum Gasteiger partial charge on any atom is -0.312 e. The fraction of sp³-hybridized carbons (Fsp3) is 0.133. The van der Waals surface area contributed by atoms with Crippen LogP contribution in [0.2, 0.25) is 0 Å². The molecule has 0 unspecified atom stereocenters. The third-order valence-corrected chi connectivity index (χ3v) is 11.9. The van der Waals surface area contributed by atoms with Gasteiger partial charge in [0.2, 0.25) is 0 Å². The maximum atomic E-state index is 15.2. The highest BCUT2D eigenvalue weighted by molar-refractivity contribution is 8.11. The fourth-order valence-electron chi connectivity index (χ4n) is 4.65. The normalized spacial score (nSPS) is 18.5. The van der Waals surface area contributed by atoms with E-state index in [4.69, 9.17) is 0 Å². The van der Waals surface area contributed by atoms with E-state index in [1.54, 1.807) is 11.8 Å². The minimum atomic E-state index is -2.93. The summed E-state index contributed by atoms with van der Waals surface area (Å²) < 4.78 is 15.2. The maximum Gasteiger partial charge on any atom is 0.156 e. The molecule has 0 aromatic heterocycles. The Morgan fingerprint density at radius 2 is 1.21 bits per heavy atom. The van der Waals surface area contributed by atoms with Gasteiger partial charge in [-0.05, 0) is 35.5 Å². The van der Waals surface area contributed by atoms with E-state index in [2.05, 4.69) is 66.9 Å². The molecule has 0 fully saturated rings. The topological polar surface area (TPSA) is 17.1 Å². The molecule has 0 bridgehead atoms. The highest BCUT2D eigenvalue weighted by Gasteiger charge is 2.44. The van der Waals surface area contributed by atoms with Crippen LogP contribution in [0.1, 0.15) is 29.0 Å². The largest absolute Gasteiger partial charge is 0.312 e. The van der Waals surface area contributed by atoms with E-state index < -0.39 is 7.14 Å². The first-order chi connectivity index (χ1) is 16.2. The van der Waals surface area contributed by atoms with E-state index in [-0.39, 0.29) is 10.9 Å². The monoisotopic (exact) mass is 466 g/mol. The highest BCUT2D eigenvalue weighted by atomic mass is 32.2. The van der Waals surface area contributed by atoms with Crippen LogP contribution >= 0.6 is 18.9 Å². The zero-order chi connectivity index (χ0) is 22.7. The van der Waals surface area contributed by atoms with Gasteiger partial charge in [-0.2, -0.15) is 0 Å². The van der Waals surface area contributed by atoms with Gasteiger partial charge < -0.3 is 4.57 Å². The summed E-state index contributed by atoms with van der Waals surface area (Å²) >= 11 is 1.74. The maximum absolute atomic E-state index is 15.2. The predicted octanol–water partition coefficient (Wildman–Crippen LogP) is 7.60. The molecular weight excluding hydrogens is 439 g/mol. The standard InChI is InChI=1S/C30H27OPS/c1-23-17-19-24(20-18-23)26-21-29(25-11-5-2-6-12-25)30(33-22-26)32(31,27-13-7-3-8-14-27)28-15-9-4-10-16-28/h2-20,22,29-30H,21H2,1H3/t29-,30+/m1/s1. The summed E-state index contributed by atoms with van der Waals surface area (Å²) in [6.07, 6.45) is 0.869. The second-order valence-corrected chi connectivity index (χ2v) is 12.9. The Labute approximate surface area is 201 Å². The quantitative estimate of drug-likeness (QED) is 0.282. The zero-order valence-electron chi connectivity index (χ0n) is 18.7. The third-order valence-electron chi connectivity index (χ3n) is 6.42. The summed E-state index contributed by atoms with van der Waals surface area (Å²) in [7, 11) is -2.93. The van der Waals surface area contributed by atoms with E-state index in [9.17, 15) is 0 Å². The lowest BCUT2D eigenvalue weighted by Gasteiger charge is -2.37. The van der Waals surface area contributed by atoms with E-state index in [0.29, 0.717) is 0 Å². The van der Waals surface area contributed by atoms with Gasteiger partial charge in [0.05, 0.1) is 4.99 Å². The van der Waals surface area contributed by atoms with Gasteiger partial charge in [0.1, 0.15) is 0 Å². The van der Waals surface area contributed by atoms with Crippen LogP contribution < -0.4 is 10.6 Å². The van der Waals surface area contributed by atoms with Crippen molar-refractivity contribution in [1.82, 2.24) is 0 Å². The van der Waals surface area contributed by atoms with Crippen LogP contribution in [0.4, 0.5) is 0 Å². The summed E-state index contributed by atoms with van der Waals surface area (Å²) in [6, 6.07) is 39.5. The number of hydrogen-bond acceptors (Lipinski definition) is 2. The zero-order valence-corrected chi connectivity index (χ0v) is 20.4. The molecule has 4 aromatic carbocycles. The van der Waals surface area contributed by atoms with Gasteiger partial charge in [-0.1, -0.05) is 121 Å². The summed E-state index contributed by atoms with van der Waals surface area (Å²) in [5.41, 5.74) is 5.08. The number of thioether (sulfide) groups is 1. The van der Waals surface area contributed by atoms with Gasteiger partial charge in [-0.15, -0.1) is 11.8 Å². The first kappa shape index (κ1) is 22.0.